The number of hydrogen-bond donors (Lipinski definition) is 1. The van der Waals surface area contributed by atoms with E-state index < -0.39 is 0 Å². The lowest BCUT2D eigenvalue weighted by Gasteiger charge is -2.00. The van der Waals surface area contributed by atoms with Gasteiger partial charge >= 0.3 is 0 Å². The molecule has 0 aliphatic heterocycles. The zero-order chi connectivity index (χ0) is 13.7. The van der Waals surface area contributed by atoms with Crippen molar-refractivity contribution in [1.29, 1.82) is 0 Å². The third-order valence-corrected chi connectivity index (χ3v) is 2.74. The summed E-state index contributed by atoms with van der Waals surface area (Å²) in [5.41, 5.74) is 6.33. The van der Waals surface area contributed by atoms with Crippen molar-refractivity contribution in [3.63, 3.8) is 0 Å². The first-order valence-corrected chi connectivity index (χ1v) is 6.12. The molecular formula is C16H16N2O. The van der Waals surface area contributed by atoms with Crippen LogP contribution in [0.3, 0.4) is 0 Å². The monoisotopic (exact) mass is 252 g/mol. The average Bonchev–Trinajstić information content (AvgIpc) is 2.41. The summed E-state index contributed by atoms with van der Waals surface area (Å²) < 4.78 is 0. The first-order chi connectivity index (χ1) is 9.15. The molecule has 2 rings (SSSR count). The predicted molar refractivity (Wildman–Crippen MR) is 77.4 cm³/mol. The molecular weight excluding hydrogens is 236 g/mol. The number of hydrazone groups is 1. The summed E-state index contributed by atoms with van der Waals surface area (Å²) in [5, 5.41) is 3.95. The highest BCUT2D eigenvalue weighted by Crippen LogP contribution is 2.03. The van der Waals surface area contributed by atoms with E-state index in [1.54, 1.807) is 12.3 Å². The third kappa shape index (κ3) is 3.78. The summed E-state index contributed by atoms with van der Waals surface area (Å²) in [6.07, 6.45) is 1.63. The molecule has 96 valence electrons. The Labute approximate surface area is 113 Å². The van der Waals surface area contributed by atoms with Gasteiger partial charge in [0.2, 0.25) is 0 Å². The van der Waals surface area contributed by atoms with E-state index in [0.29, 0.717) is 5.56 Å². The van der Waals surface area contributed by atoms with E-state index in [1.165, 1.54) is 5.56 Å². The number of aryl methyl sites for hydroxylation is 2. The predicted octanol–water partition coefficient (Wildman–Crippen LogP) is 3.07. The van der Waals surface area contributed by atoms with Crippen LogP contribution in [-0.4, -0.2) is 12.1 Å². The van der Waals surface area contributed by atoms with Crippen molar-refractivity contribution < 1.29 is 4.79 Å². The van der Waals surface area contributed by atoms with Crippen LogP contribution in [0.4, 0.5) is 0 Å². The van der Waals surface area contributed by atoms with Crippen LogP contribution in [0.5, 0.6) is 0 Å². The van der Waals surface area contributed by atoms with Crippen molar-refractivity contribution in [2.45, 2.75) is 13.8 Å². The van der Waals surface area contributed by atoms with E-state index in [1.807, 2.05) is 56.3 Å². The van der Waals surface area contributed by atoms with Crippen LogP contribution in [0.15, 0.2) is 53.6 Å². The molecule has 0 atom stereocenters. The van der Waals surface area contributed by atoms with E-state index in [4.69, 9.17) is 0 Å². The molecule has 0 aromatic heterocycles. The SMILES string of the molecule is Cc1ccc(/C=N/NC(=O)c2cccc(C)c2)cc1. The largest absolute Gasteiger partial charge is 0.271 e. The molecule has 0 fully saturated rings. The number of nitrogens with one attached hydrogen (secondary N) is 1. The van der Waals surface area contributed by atoms with Crippen LogP contribution in [0.1, 0.15) is 27.0 Å². The van der Waals surface area contributed by atoms with Gasteiger partial charge in [-0.05, 0) is 31.5 Å². The Morgan fingerprint density at radius 1 is 1.05 bits per heavy atom. The maximum Gasteiger partial charge on any atom is 0.271 e. The van der Waals surface area contributed by atoms with Gasteiger partial charge in [-0.3, -0.25) is 4.79 Å². The van der Waals surface area contributed by atoms with Gasteiger partial charge in [-0.15, -0.1) is 0 Å². The van der Waals surface area contributed by atoms with Crippen molar-refractivity contribution >= 4 is 12.1 Å². The minimum Gasteiger partial charge on any atom is -0.267 e. The fourth-order valence-corrected chi connectivity index (χ4v) is 1.67. The highest BCUT2D eigenvalue weighted by atomic mass is 16.2. The summed E-state index contributed by atoms with van der Waals surface area (Å²) in [7, 11) is 0. The molecule has 3 nitrogen and oxygen atoms in total. The number of nitrogens with zero attached hydrogens (tertiary/aromatic N) is 1. The zero-order valence-electron chi connectivity index (χ0n) is 11.1. The highest BCUT2D eigenvalue weighted by molar-refractivity contribution is 5.95. The second kappa shape index (κ2) is 5.96. The fourth-order valence-electron chi connectivity index (χ4n) is 1.67. The Kier molecular flexibility index (Phi) is 4.08. The molecule has 0 heterocycles. The Hall–Kier alpha value is -2.42. The van der Waals surface area contributed by atoms with E-state index >= 15 is 0 Å². The summed E-state index contributed by atoms with van der Waals surface area (Å²) in [6.45, 7) is 3.98. The number of benzene rings is 2. The molecule has 0 aliphatic carbocycles. The normalized spacial score (nSPS) is 10.6. The summed E-state index contributed by atoms with van der Waals surface area (Å²) in [6, 6.07) is 15.3. The number of rotatable bonds is 3. The van der Waals surface area contributed by atoms with Gasteiger partial charge in [0.1, 0.15) is 0 Å². The number of carbonyl (C=O) groups is 1. The van der Waals surface area contributed by atoms with Crippen LogP contribution in [0.2, 0.25) is 0 Å². The molecule has 1 N–H and O–H groups in total. The van der Waals surface area contributed by atoms with Crippen LogP contribution in [0.25, 0.3) is 0 Å². The second-order valence-corrected chi connectivity index (χ2v) is 4.48. The van der Waals surface area contributed by atoms with Gasteiger partial charge in [0.25, 0.3) is 5.91 Å². The average molecular weight is 252 g/mol. The van der Waals surface area contributed by atoms with Gasteiger partial charge in [0.05, 0.1) is 6.21 Å². The maximum atomic E-state index is 11.8. The lowest BCUT2D eigenvalue weighted by Crippen LogP contribution is -2.17. The second-order valence-electron chi connectivity index (χ2n) is 4.48. The van der Waals surface area contributed by atoms with Gasteiger partial charge in [0.15, 0.2) is 0 Å². The minimum atomic E-state index is -0.202. The van der Waals surface area contributed by atoms with Gasteiger partial charge in [0, 0.05) is 5.56 Å². The molecule has 2 aromatic rings. The molecule has 0 bridgehead atoms. The Morgan fingerprint density at radius 3 is 2.47 bits per heavy atom. The molecule has 1 amide bonds. The fraction of sp³-hybridized carbons (Fsp3) is 0.125. The van der Waals surface area contributed by atoms with E-state index in [0.717, 1.165) is 11.1 Å². The zero-order valence-corrected chi connectivity index (χ0v) is 11.1. The van der Waals surface area contributed by atoms with Crippen molar-refractivity contribution in [1.82, 2.24) is 5.43 Å². The van der Waals surface area contributed by atoms with Gasteiger partial charge in [-0.2, -0.15) is 5.10 Å². The van der Waals surface area contributed by atoms with Crippen LogP contribution in [0, 0.1) is 13.8 Å². The van der Waals surface area contributed by atoms with E-state index in [9.17, 15) is 4.79 Å². The molecule has 0 spiro atoms. The smallest absolute Gasteiger partial charge is 0.267 e. The van der Waals surface area contributed by atoms with Gasteiger partial charge < -0.3 is 0 Å². The Bertz CT molecular complexity index is 600. The molecule has 0 saturated heterocycles. The molecule has 0 unspecified atom stereocenters. The van der Waals surface area contributed by atoms with Crippen molar-refractivity contribution in [2.75, 3.05) is 0 Å². The van der Waals surface area contributed by atoms with Crippen molar-refractivity contribution in [3.05, 3.63) is 70.8 Å². The quantitative estimate of drug-likeness (QED) is 0.662. The van der Waals surface area contributed by atoms with Crippen molar-refractivity contribution in [2.24, 2.45) is 5.10 Å². The molecule has 0 saturated carbocycles. The lowest BCUT2D eigenvalue weighted by molar-refractivity contribution is 0.0955. The number of amides is 1. The first kappa shape index (κ1) is 13.0. The summed E-state index contributed by atoms with van der Waals surface area (Å²) in [4.78, 5) is 11.8. The molecule has 19 heavy (non-hydrogen) atoms. The molecule has 0 radical (unpaired) electrons. The van der Waals surface area contributed by atoms with Crippen LogP contribution < -0.4 is 5.43 Å². The topological polar surface area (TPSA) is 41.5 Å². The molecule has 2 aromatic carbocycles. The summed E-state index contributed by atoms with van der Waals surface area (Å²) >= 11 is 0. The van der Waals surface area contributed by atoms with Crippen LogP contribution in [-0.2, 0) is 0 Å². The first-order valence-electron chi connectivity index (χ1n) is 6.12. The van der Waals surface area contributed by atoms with E-state index in [2.05, 4.69) is 10.5 Å². The number of carbonyl (C=O) groups excluding carboxylic acids is 1. The Morgan fingerprint density at radius 2 is 1.79 bits per heavy atom. The Balaban J connectivity index is 1.98. The van der Waals surface area contributed by atoms with Crippen LogP contribution >= 0.6 is 0 Å². The van der Waals surface area contributed by atoms with E-state index in [-0.39, 0.29) is 5.91 Å². The highest BCUT2D eigenvalue weighted by Gasteiger charge is 2.02. The minimum absolute atomic E-state index is 0.202. The van der Waals surface area contributed by atoms with Gasteiger partial charge in [-0.25, -0.2) is 5.43 Å². The van der Waals surface area contributed by atoms with Gasteiger partial charge in [-0.1, -0.05) is 47.5 Å². The number of hydrogen-bond acceptors (Lipinski definition) is 2. The lowest BCUT2D eigenvalue weighted by atomic mass is 10.1. The summed E-state index contributed by atoms with van der Waals surface area (Å²) in [5.74, 6) is -0.202. The molecule has 0 aliphatic rings. The maximum absolute atomic E-state index is 11.8. The standard InChI is InChI=1S/C16H16N2O/c1-12-6-8-14(9-7-12)11-17-18-16(19)15-5-3-4-13(2)10-15/h3-11H,1-2H3,(H,18,19)/b17-11+. The third-order valence-electron chi connectivity index (χ3n) is 2.74. The van der Waals surface area contributed by atoms with Crippen molar-refractivity contribution in [3.8, 4) is 0 Å². The molecule has 3 heteroatoms.